The Labute approximate surface area is 213 Å². The van der Waals surface area contributed by atoms with Crippen molar-refractivity contribution in [1.82, 2.24) is 5.32 Å². The molecule has 0 aromatic rings. The number of rotatable bonds is 10. The largest absolute Gasteiger partial charge is 0.394 e. The number of nitrogens with two attached hydrogens (primary N) is 4. The van der Waals surface area contributed by atoms with Gasteiger partial charge in [-0.15, -0.1) is 0 Å². The van der Waals surface area contributed by atoms with E-state index in [9.17, 15) is 35.4 Å². The maximum absolute atomic E-state index is 12.4. The Bertz CT molecular complexity index is 741. The Morgan fingerprint density at radius 3 is 2.24 bits per heavy atom. The lowest BCUT2D eigenvalue weighted by atomic mass is 9.83. The molecule has 0 unspecified atom stereocenters. The minimum Gasteiger partial charge on any atom is -0.394 e. The van der Waals surface area contributed by atoms with Crippen LogP contribution in [-0.2, 0) is 23.7 Å². The molecule has 3 rings (SSSR count). The van der Waals surface area contributed by atoms with Crippen LogP contribution in [0.5, 0.6) is 0 Å². The SMILES string of the molecule is NCC[C@H](O)C(=O)N[C@@H]1C[C@H](N)[C@@H](O[C@H]2O[C@H](CN)C[C@H](O)[C@H]2N)[C@H](O[C@@H]2O[C@H](CO)[C@H](O)[C@H]2O)[C@H]1O. The molecule has 2 saturated heterocycles. The Hall–Kier alpha value is -1.09. The molecule has 37 heavy (non-hydrogen) atoms. The summed E-state index contributed by atoms with van der Waals surface area (Å²) in [4.78, 5) is 12.4. The Morgan fingerprint density at radius 2 is 1.65 bits per heavy atom. The smallest absolute Gasteiger partial charge is 0.249 e. The molecule has 0 aromatic heterocycles. The van der Waals surface area contributed by atoms with Crippen molar-refractivity contribution >= 4 is 5.91 Å². The fraction of sp³-hybridized carbons (Fsp3) is 0.952. The number of hydrogen-bond acceptors (Lipinski definition) is 15. The standard InChI is InChI=1S/C21H41N5O11/c22-2-1-10(28)19(33)26-9-4-8(24)17(36-20-13(25)11(29)3-7(5-23)34-20)18(14(9)30)37-21-16(32)15(31)12(6-27)35-21/h7-18,20-21,27-32H,1-6,22-25H2,(H,26,33)/t7-,8-,9+,10-,11-,12+,13+,14-,15-,16+,17+,18+,20+,21-/m0/s1. The average molecular weight is 540 g/mol. The summed E-state index contributed by atoms with van der Waals surface area (Å²) in [6.07, 6.45) is -13.7. The summed E-state index contributed by atoms with van der Waals surface area (Å²) in [5.74, 6) is -0.778. The molecule has 0 bridgehead atoms. The van der Waals surface area contributed by atoms with Crippen molar-refractivity contribution in [2.24, 2.45) is 22.9 Å². The maximum Gasteiger partial charge on any atom is 0.249 e. The van der Waals surface area contributed by atoms with E-state index in [-0.39, 0.29) is 32.4 Å². The van der Waals surface area contributed by atoms with Gasteiger partial charge in [0, 0.05) is 19.0 Å². The summed E-state index contributed by atoms with van der Waals surface area (Å²) < 4.78 is 23.0. The van der Waals surface area contributed by atoms with Gasteiger partial charge in [0.25, 0.3) is 0 Å². The molecule has 0 spiro atoms. The second kappa shape index (κ2) is 13.3. The van der Waals surface area contributed by atoms with Crippen molar-refractivity contribution in [1.29, 1.82) is 0 Å². The number of hydrogen-bond donors (Lipinski definition) is 11. The maximum atomic E-state index is 12.4. The van der Waals surface area contributed by atoms with Gasteiger partial charge in [-0.05, 0) is 19.4 Å². The van der Waals surface area contributed by atoms with Crippen molar-refractivity contribution in [3.8, 4) is 0 Å². The van der Waals surface area contributed by atoms with E-state index in [2.05, 4.69) is 5.32 Å². The number of amides is 1. The summed E-state index contributed by atoms with van der Waals surface area (Å²) in [5.41, 5.74) is 23.5. The van der Waals surface area contributed by atoms with Crippen molar-refractivity contribution in [3.05, 3.63) is 0 Å². The minimum atomic E-state index is -1.58. The molecule has 16 nitrogen and oxygen atoms in total. The zero-order valence-corrected chi connectivity index (χ0v) is 20.4. The Kier molecular flexibility index (Phi) is 11.0. The molecule has 1 amide bonds. The third-order valence-electron chi connectivity index (χ3n) is 7.02. The molecular formula is C21H41N5O11. The van der Waals surface area contributed by atoms with Crippen LogP contribution < -0.4 is 28.3 Å². The van der Waals surface area contributed by atoms with Gasteiger partial charge in [0.2, 0.25) is 5.91 Å². The first kappa shape index (κ1) is 30.5. The van der Waals surface area contributed by atoms with E-state index in [1.54, 1.807) is 0 Å². The summed E-state index contributed by atoms with van der Waals surface area (Å²) in [6, 6.07) is -2.90. The number of carbonyl (C=O) groups is 1. The molecule has 2 aliphatic heterocycles. The molecule has 2 heterocycles. The van der Waals surface area contributed by atoms with Crippen molar-refractivity contribution in [2.75, 3.05) is 19.7 Å². The molecule has 16 heteroatoms. The van der Waals surface area contributed by atoms with E-state index in [4.69, 9.17) is 41.9 Å². The van der Waals surface area contributed by atoms with Crippen molar-refractivity contribution in [2.45, 2.75) is 105 Å². The number of carbonyl (C=O) groups excluding carboxylic acids is 1. The third-order valence-corrected chi connectivity index (χ3v) is 7.02. The van der Waals surface area contributed by atoms with Crippen LogP contribution in [0.4, 0.5) is 0 Å². The van der Waals surface area contributed by atoms with Crippen LogP contribution in [0.25, 0.3) is 0 Å². The monoisotopic (exact) mass is 539 g/mol. The van der Waals surface area contributed by atoms with Gasteiger partial charge in [-0.2, -0.15) is 0 Å². The highest BCUT2D eigenvalue weighted by Crippen LogP contribution is 2.32. The Morgan fingerprint density at radius 1 is 0.973 bits per heavy atom. The lowest BCUT2D eigenvalue weighted by molar-refractivity contribution is -0.294. The molecule has 14 atom stereocenters. The first-order valence-electron chi connectivity index (χ1n) is 12.4. The van der Waals surface area contributed by atoms with Crippen molar-refractivity contribution in [3.63, 3.8) is 0 Å². The van der Waals surface area contributed by atoms with Gasteiger partial charge in [0.1, 0.15) is 42.7 Å². The lowest BCUT2D eigenvalue weighted by Crippen LogP contribution is -2.67. The normalized spacial score (nSPS) is 45.5. The van der Waals surface area contributed by atoms with Crippen LogP contribution in [0.15, 0.2) is 0 Å². The zero-order chi connectivity index (χ0) is 27.4. The number of aliphatic hydroxyl groups excluding tert-OH is 6. The van der Waals surface area contributed by atoms with Gasteiger partial charge in [0.15, 0.2) is 12.6 Å². The molecule has 0 radical (unpaired) electrons. The highest BCUT2D eigenvalue weighted by atomic mass is 16.7. The number of ether oxygens (including phenoxy) is 4. The van der Waals surface area contributed by atoms with E-state index >= 15 is 0 Å². The molecule has 216 valence electrons. The van der Waals surface area contributed by atoms with Crippen LogP contribution in [0.3, 0.4) is 0 Å². The van der Waals surface area contributed by atoms with Gasteiger partial charge in [-0.3, -0.25) is 4.79 Å². The summed E-state index contributed by atoms with van der Waals surface area (Å²) in [7, 11) is 0. The second-order valence-corrected chi connectivity index (χ2v) is 9.75. The minimum absolute atomic E-state index is 0.00352. The molecular weight excluding hydrogens is 498 g/mol. The van der Waals surface area contributed by atoms with Gasteiger partial charge >= 0.3 is 0 Å². The molecule has 15 N–H and O–H groups in total. The van der Waals surface area contributed by atoms with Crippen LogP contribution in [0, 0.1) is 0 Å². The fourth-order valence-electron chi connectivity index (χ4n) is 4.79. The highest BCUT2D eigenvalue weighted by molar-refractivity contribution is 5.80. The van der Waals surface area contributed by atoms with Gasteiger partial charge in [-0.1, -0.05) is 0 Å². The van der Waals surface area contributed by atoms with Crippen molar-refractivity contribution < 1.29 is 54.4 Å². The zero-order valence-electron chi connectivity index (χ0n) is 20.4. The summed E-state index contributed by atoms with van der Waals surface area (Å²) in [5, 5.41) is 63.8. The molecule has 0 aromatic carbocycles. The van der Waals surface area contributed by atoms with E-state index in [0.29, 0.717) is 0 Å². The van der Waals surface area contributed by atoms with E-state index in [1.807, 2.05) is 0 Å². The molecule has 3 fully saturated rings. The molecule has 1 saturated carbocycles. The van der Waals surface area contributed by atoms with Crippen LogP contribution >= 0.6 is 0 Å². The van der Waals surface area contributed by atoms with Gasteiger partial charge < -0.3 is 77.8 Å². The number of nitrogens with one attached hydrogen (secondary N) is 1. The first-order chi connectivity index (χ1) is 17.5. The fourth-order valence-corrected chi connectivity index (χ4v) is 4.79. The Balaban J connectivity index is 1.82. The average Bonchev–Trinajstić information content (AvgIpc) is 3.14. The third kappa shape index (κ3) is 6.92. The first-order valence-corrected chi connectivity index (χ1v) is 12.4. The van der Waals surface area contributed by atoms with Crippen LogP contribution in [0.2, 0.25) is 0 Å². The predicted octanol–water partition coefficient (Wildman–Crippen LogP) is -6.76. The summed E-state index contributed by atoms with van der Waals surface area (Å²) >= 11 is 0. The lowest BCUT2D eigenvalue weighted by Gasteiger charge is -2.47. The highest BCUT2D eigenvalue weighted by Gasteiger charge is 2.52. The number of aliphatic hydroxyl groups is 6. The predicted molar refractivity (Wildman–Crippen MR) is 124 cm³/mol. The quantitative estimate of drug-likeness (QED) is 0.123. The van der Waals surface area contributed by atoms with Crippen LogP contribution in [0.1, 0.15) is 19.3 Å². The molecule has 1 aliphatic carbocycles. The van der Waals surface area contributed by atoms with E-state index < -0.39 is 98.2 Å². The topological polar surface area (TPSA) is 291 Å². The molecule has 3 aliphatic rings. The van der Waals surface area contributed by atoms with E-state index in [1.165, 1.54) is 0 Å². The van der Waals surface area contributed by atoms with E-state index in [0.717, 1.165) is 0 Å². The van der Waals surface area contributed by atoms with Gasteiger partial charge in [0.05, 0.1) is 30.9 Å². The second-order valence-electron chi connectivity index (χ2n) is 9.75. The summed E-state index contributed by atoms with van der Waals surface area (Å²) in [6.45, 7) is -0.457. The van der Waals surface area contributed by atoms with Crippen LogP contribution in [-0.4, -0.2) is 142 Å². The van der Waals surface area contributed by atoms with Gasteiger partial charge in [-0.25, -0.2) is 0 Å².